The van der Waals surface area contributed by atoms with E-state index in [0.29, 0.717) is 17.1 Å². The summed E-state index contributed by atoms with van der Waals surface area (Å²) in [4.78, 5) is 12.2. The highest BCUT2D eigenvalue weighted by Gasteiger charge is 2.12. The first-order chi connectivity index (χ1) is 10.5. The molecule has 0 amide bonds. The number of ketones is 1. The summed E-state index contributed by atoms with van der Waals surface area (Å²) in [6, 6.07) is 9.31. The van der Waals surface area contributed by atoms with E-state index in [1.807, 2.05) is 6.92 Å². The van der Waals surface area contributed by atoms with Crippen molar-refractivity contribution in [1.82, 2.24) is 0 Å². The molecule has 22 heavy (non-hydrogen) atoms. The summed E-state index contributed by atoms with van der Waals surface area (Å²) < 4.78 is 23.3. The number of carbonyl (C=O) groups excluding carboxylic acids is 1. The van der Waals surface area contributed by atoms with E-state index in [1.165, 1.54) is 25.3 Å². The molecule has 0 aromatic heterocycles. The lowest BCUT2D eigenvalue weighted by molar-refractivity contribution is 0.104. The zero-order chi connectivity index (χ0) is 16.1. The second-order valence-corrected chi connectivity index (χ2v) is 4.78. The van der Waals surface area contributed by atoms with Gasteiger partial charge in [-0.25, -0.2) is 4.39 Å². The van der Waals surface area contributed by atoms with E-state index in [1.54, 1.807) is 37.5 Å². The Morgan fingerprint density at radius 1 is 1.09 bits per heavy atom. The van der Waals surface area contributed by atoms with Crippen LogP contribution in [-0.2, 0) is 0 Å². The summed E-state index contributed by atoms with van der Waals surface area (Å²) >= 11 is 0. The zero-order valence-corrected chi connectivity index (χ0v) is 12.7. The van der Waals surface area contributed by atoms with Crippen LogP contribution < -0.4 is 9.47 Å². The maximum Gasteiger partial charge on any atom is 0.186 e. The maximum atomic E-state index is 12.8. The van der Waals surface area contributed by atoms with Gasteiger partial charge in [-0.05, 0) is 48.4 Å². The van der Waals surface area contributed by atoms with Crippen LogP contribution in [0, 0.1) is 12.7 Å². The van der Waals surface area contributed by atoms with E-state index in [0.717, 1.165) is 11.1 Å². The van der Waals surface area contributed by atoms with E-state index >= 15 is 0 Å². The van der Waals surface area contributed by atoms with Crippen molar-refractivity contribution >= 4 is 11.9 Å². The first-order valence-electron chi connectivity index (χ1n) is 6.75. The molecular weight excluding hydrogens is 283 g/mol. The number of hydrogen-bond acceptors (Lipinski definition) is 3. The highest BCUT2D eigenvalue weighted by Crippen LogP contribution is 2.32. The molecule has 4 heteroatoms. The number of carbonyl (C=O) groups is 1. The molecule has 2 aromatic carbocycles. The highest BCUT2D eigenvalue weighted by molar-refractivity contribution is 6.07. The fourth-order valence-corrected chi connectivity index (χ4v) is 2.14. The summed E-state index contributed by atoms with van der Waals surface area (Å²) in [5.74, 6) is 0.662. The largest absolute Gasteiger partial charge is 0.493 e. The number of halogens is 1. The Balaban J connectivity index is 2.26. The van der Waals surface area contributed by atoms with Crippen molar-refractivity contribution in [2.75, 3.05) is 14.2 Å². The van der Waals surface area contributed by atoms with Crippen LogP contribution in [0.2, 0.25) is 0 Å². The van der Waals surface area contributed by atoms with E-state index in [9.17, 15) is 9.18 Å². The van der Waals surface area contributed by atoms with Crippen LogP contribution in [-0.4, -0.2) is 20.0 Å². The molecule has 0 saturated carbocycles. The van der Waals surface area contributed by atoms with E-state index in [4.69, 9.17) is 9.47 Å². The minimum Gasteiger partial charge on any atom is -0.493 e. The van der Waals surface area contributed by atoms with Gasteiger partial charge in [0, 0.05) is 5.56 Å². The van der Waals surface area contributed by atoms with Gasteiger partial charge in [0.25, 0.3) is 0 Å². The minimum absolute atomic E-state index is 0.159. The summed E-state index contributed by atoms with van der Waals surface area (Å²) in [5.41, 5.74) is 2.08. The van der Waals surface area contributed by atoms with Gasteiger partial charge in [-0.1, -0.05) is 18.2 Å². The topological polar surface area (TPSA) is 35.5 Å². The second kappa shape index (κ2) is 6.89. The van der Waals surface area contributed by atoms with Gasteiger partial charge >= 0.3 is 0 Å². The fourth-order valence-electron chi connectivity index (χ4n) is 2.14. The van der Waals surface area contributed by atoms with Crippen molar-refractivity contribution in [1.29, 1.82) is 0 Å². The average Bonchev–Trinajstić information content (AvgIpc) is 2.53. The van der Waals surface area contributed by atoms with Crippen LogP contribution in [0.3, 0.4) is 0 Å². The molecule has 3 nitrogen and oxygen atoms in total. The molecule has 0 aliphatic rings. The van der Waals surface area contributed by atoms with Crippen molar-refractivity contribution in [3.8, 4) is 11.5 Å². The quantitative estimate of drug-likeness (QED) is 0.617. The molecule has 0 fully saturated rings. The molecule has 0 aliphatic heterocycles. The lowest BCUT2D eigenvalue weighted by Crippen LogP contribution is -1.99. The zero-order valence-electron chi connectivity index (χ0n) is 12.7. The number of allylic oxidation sites excluding steroid dienone is 1. The summed E-state index contributed by atoms with van der Waals surface area (Å²) in [7, 11) is 3.08. The van der Waals surface area contributed by atoms with Gasteiger partial charge < -0.3 is 9.47 Å². The Kier molecular flexibility index (Phi) is 4.94. The molecule has 2 rings (SSSR count). The monoisotopic (exact) mass is 300 g/mol. The van der Waals surface area contributed by atoms with Gasteiger partial charge in [-0.2, -0.15) is 0 Å². The Labute approximate surface area is 129 Å². The number of benzene rings is 2. The van der Waals surface area contributed by atoms with Crippen molar-refractivity contribution in [3.63, 3.8) is 0 Å². The third-order valence-corrected chi connectivity index (χ3v) is 3.25. The predicted octanol–water partition coefficient (Wildman–Crippen LogP) is 4.05. The van der Waals surface area contributed by atoms with Gasteiger partial charge in [0.1, 0.15) is 5.82 Å². The second-order valence-electron chi connectivity index (χ2n) is 4.78. The van der Waals surface area contributed by atoms with Crippen LogP contribution in [0.4, 0.5) is 4.39 Å². The number of methoxy groups -OCH3 is 2. The van der Waals surface area contributed by atoms with Crippen LogP contribution in [0.1, 0.15) is 21.5 Å². The maximum absolute atomic E-state index is 12.8. The molecule has 0 aliphatic carbocycles. The molecule has 0 atom stereocenters. The van der Waals surface area contributed by atoms with Crippen LogP contribution >= 0.6 is 0 Å². The first kappa shape index (κ1) is 15.8. The molecule has 0 saturated heterocycles. The molecule has 0 spiro atoms. The van der Waals surface area contributed by atoms with Crippen LogP contribution in [0.5, 0.6) is 11.5 Å². The normalized spacial score (nSPS) is 10.7. The third-order valence-electron chi connectivity index (χ3n) is 3.25. The van der Waals surface area contributed by atoms with Gasteiger partial charge in [-0.15, -0.1) is 0 Å². The smallest absolute Gasteiger partial charge is 0.186 e. The SMILES string of the molecule is COc1cc(C(=O)/C=C/c2ccc(F)cc2)cc(C)c1OC. The Hall–Kier alpha value is -2.62. The number of ether oxygens (including phenoxy) is 2. The first-order valence-corrected chi connectivity index (χ1v) is 6.75. The van der Waals surface area contributed by atoms with Gasteiger partial charge in [0.2, 0.25) is 0 Å². The average molecular weight is 300 g/mol. The van der Waals surface area contributed by atoms with Crippen molar-refractivity contribution < 1.29 is 18.7 Å². The Bertz CT molecular complexity index is 703. The van der Waals surface area contributed by atoms with Gasteiger partial charge in [-0.3, -0.25) is 4.79 Å². The van der Waals surface area contributed by atoms with Gasteiger partial charge in [0.05, 0.1) is 14.2 Å². The Morgan fingerprint density at radius 2 is 1.77 bits per heavy atom. The fraction of sp³-hybridized carbons (Fsp3) is 0.167. The third kappa shape index (κ3) is 3.52. The van der Waals surface area contributed by atoms with Gasteiger partial charge in [0.15, 0.2) is 17.3 Å². The number of hydrogen-bond donors (Lipinski definition) is 0. The molecule has 0 unspecified atom stereocenters. The predicted molar refractivity (Wildman–Crippen MR) is 84.0 cm³/mol. The van der Waals surface area contributed by atoms with E-state index < -0.39 is 0 Å². The molecule has 114 valence electrons. The summed E-state index contributed by atoms with van der Waals surface area (Å²) in [6.45, 7) is 1.85. The number of aryl methyl sites for hydroxylation is 1. The van der Waals surface area contributed by atoms with Crippen molar-refractivity contribution in [2.45, 2.75) is 6.92 Å². The molecule has 0 bridgehead atoms. The molecular formula is C18H17FO3. The molecule has 2 aromatic rings. The lowest BCUT2D eigenvalue weighted by Gasteiger charge is -2.11. The Morgan fingerprint density at radius 3 is 2.36 bits per heavy atom. The van der Waals surface area contributed by atoms with Crippen molar-refractivity contribution in [3.05, 3.63) is 65.0 Å². The molecule has 0 heterocycles. The van der Waals surface area contributed by atoms with E-state index in [2.05, 4.69) is 0 Å². The van der Waals surface area contributed by atoms with Crippen LogP contribution in [0.15, 0.2) is 42.5 Å². The number of rotatable bonds is 5. The molecule has 0 radical (unpaired) electrons. The van der Waals surface area contributed by atoms with Crippen LogP contribution in [0.25, 0.3) is 6.08 Å². The van der Waals surface area contributed by atoms with E-state index in [-0.39, 0.29) is 11.6 Å². The minimum atomic E-state index is -0.306. The molecule has 0 N–H and O–H groups in total. The van der Waals surface area contributed by atoms with Crippen molar-refractivity contribution in [2.24, 2.45) is 0 Å². The summed E-state index contributed by atoms with van der Waals surface area (Å²) in [6.07, 6.45) is 3.10. The summed E-state index contributed by atoms with van der Waals surface area (Å²) in [5, 5.41) is 0. The lowest BCUT2D eigenvalue weighted by atomic mass is 10.0. The highest BCUT2D eigenvalue weighted by atomic mass is 19.1. The standard InChI is InChI=1S/C18H17FO3/c1-12-10-14(11-17(21-2)18(12)22-3)16(20)9-6-13-4-7-15(19)8-5-13/h4-11H,1-3H3/b9-6+.